The maximum atomic E-state index is 12.5. The number of anilines is 1. The third-order valence-electron chi connectivity index (χ3n) is 5.06. The highest BCUT2D eigenvalue weighted by atomic mass is 16.2. The van der Waals surface area contributed by atoms with E-state index in [-0.39, 0.29) is 30.7 Å². The minimum Gasteiger partial charge on any atom is -0.325 e. The molecule has 2 aromatic heterocycles. The van der Waals surface area contributed by atoms with E-state index in [1.54, 1.807) is 23.0 Å². The van der Waals surface area contributed by atoms with Crippen LogP contribution in [0.5, 0.6) is 0 Å². The van der Waals surface area contributed by atoms with Gasteiger partial charge in [-0.25, -0.2) is 4.98 Å². The third-order valence-corrected chi connectivity index (χ3v) is 5.06. The Kier molecular flexibility index (Phi) is 4.62. The Hall–Kier alpha value is -3.55. The van der Waals surface area contributed by atoms with Gasteiger partial charge in [0.05, 0.1) is 28.7 Å². The first-order valence-electron chi connectivity index (χ1n) is 9.41. The molecule has 29 heavy (non-hydrogen) atoms. The van der Waals surface area contributed by atoms with Crippen LogP contribution < -0.4 is 5.32 Å². The van der Waals surface area contributed by atoms with Crippen molar-refractivity contribution in [3.63, 3.8) is 0 Å². The number of nitrogens with zero attached hydrogens (tertiary/aromatic N) is 4. The molecular formula is C21H21N5O3. The smallest absolute Gasteiger partial charge is 0.261 e. The average molecular weight is 391 g/mol. The molecule has 1 aliphatic heterocycles. The van der Waals surface area contributed by atoms with E-state index in [0.717, 1.165) is 22.3 Å². The minimum absolute atomic E-state index is 0.191. The van der Waals surface area contributed by atoms with Gasteiger partial charge < -0.3 is 5.32 Å². The Morgan fingerprint density at radius 1 is 1.10 bits per heavy atom. The number of hydrogen-bond donors (Lipinski definition) is 1. The predicted molar refractivity (Wildman–Crippen MR) is 108 cm³/mol. The molecule has 8 nitrogen and oxygen atoms in total. The quantitative estimate of drug-likeness (QED) is 0.674. The van der Waals surface area contributed by atoms with Gasteiger partial charge in [0, 0.05) is 25.4 Å². The molecule has 0 radical (unpaired) electrons. The first kappa shape index (κ1) is 18.8. The lowest BCUT2D eigenvalue weighted by molar-refractivity contribution is -0.116. The SMILES string of the molecule is Cc1ccc2c(c1)C(=O)N(CCCC(=O)Nc1cnc3c(c1)c(C)nn3C)C2=O. The van der Waals surface area contributed by atoms with Crippen LogP contribution in [0.1, 0.15) is 44.8 Å². The summed E-state index contributed by atoms with van der Waals surface area (Å²) in [7, 11) is 1.82. The Morgan fingerprint density at radius 3 is 2.66 bits per heavy atom. The van der Waals surface area contributed by atoms with Crippen LogP contribution >= 0.6 is 0 Å². The molecule has 1 aliphatic rings. The standard InChI is InChI=1S/C21H21N5O3/c1-12-6-7-15-17(9-12)21(29)26(20(15)28)8-4-5-18(27)23-14-10-16-13(2)24-25(3)19(16)22-11-14/h6-7,9-11H,4-5,8H2,1-3H3,(H,23,27). The van der Waals surface area contributed by atoms with Gasteiger partial charge in [-0.3, -0.25) is 24.0 Å². The van der Waals surface area contributed by atoms with E-state index in [4.69, 9.17) is 0 Å². The number of carbonyl (C=O) groups excluding carboxylic acids is 3. The summed E-state index contributed by atoms with van der Waals surface area (Å²) in [6, 6.07) is 7.07. The molecule has 1 aromatic carbocycles. The van der Waals surface area contributed by atoms with Crippen LogP contribution in [-0.2, 0) is 11.8 Å². The highest BCUT2D eigenvalue weighted by Crippen LogP contribution is 2.24. The van der Waals surface area contributed by atoms with Gasteiger partial charge in [-0.1, -0.05) is 11.6 Å². The molecule has 0 saturated carbocycles. The molecule has 0 bridgehead atoms. The van der Waals surface area contributed by atoms with Crippen molar-refractivity contribution in [2.75, 3.05) is 11.9 Å². The maximum absolute atomic E-state index is 12.5. The molecule has 3 aromatic rings. The van der Waals surface area contributed by atoms with Crippen LogP contribution in [0.2, 0.25) is 0 Å². The second-order valence-electron chi connectivity index (χ2n) is 7.27. The fourth-order valence-electron chi connectivity index (χ4n) is 3.61. The fourth-order valence-corrected chi connectivity index (χ4v) is 3.61. The molecule has 1 N–H and O–H groups in total. The van der Waals surface area contributed by atoms with Gasteiger partial charge in [-0.05, 0) is 38.5 Å². The van der Waals surface area contributed by atoms with E-state index in [1.165, 1.54) is 4.90 Å². The van der Waals surface area contributed by atoms with Gasteiger partial charge in [-0.15, -0.1) is 0 Å². The summed E-state index contributed by atoms with van der Waals surface area (Å²) < 4.78 is 1.69. The summed E-state index contributed by atoms with van der Waals surface area (Å²) in [6.07, 6.45) is 2.17. The lowest BCUT2D eigenvalue weighted by Crippen LogP contribution is -2.31. The molecule has 0 spiro atoms. The fraction of sp³-hybridized carbons (Fsp3) is 0.286. The summed E-state index contributed by atoms with van der Waals surface area (Å²) in [4.78, 5) is 42.7. The van der Waals surface area contributed by atoms with Crippen molar-refractivity contribution in [3.05, 3.63) is 52.8 Å². The summed E-state index contributed by atoms with van der Waals surface area (Å²) in [5, 5.41) is 8.01. The van der Waals surface area contributed by atoms with Crippen molar-refractivity contribution in [2.24, 2.45) is 7.05 Å². The summed E-state index contributed by atoms with van der Waals surface area (Å²) >= 11 is 0. The van der Waals surface area contributed by atoms with Crippen LogP contribution in [0, 0.1) is 13.8 Å². The van der Waals surface area contributed by atoms with Crippen molar-refractivity contribution < 1.29 is 14.4 Å². The van der Waals surface area contributed by atoms with E-state index in [0.29, 0.717) is 23.2 Å². The number of amides is 3. The molecular weight excluding hydrogens is 370 g/mol. The van der Waals surface area contributed by atoms with E-state index >= 15 is 0 Å². The maximum Gasteiger partial charge on any atom is 0.261 e. The van der Waals surface area contributed by atoms with Crippen LogP contribution in [0.15, 0.2) is 30.5 Å². The zero-order valence-electron chi connectivity index (χ0n) is 16.5. The molecule has 0 atom stereocenters. The largest absolute Gasteiger partial charge is 0.325 e. The van der Waals surface area contributed by atoms with Crippen LogP contribution in [0.4, 0.5) is 5.69 Å². The highest BCUT2D eigenvalue weighted by Gasteiger charge is 2.34. The van der Waals surface area contributed by atoms with Crippen molar-refractivity contribution in [1.29, 1.82) is 0 Å². The Morgan fingerprint density at radius 2 is 1.86 bits per heavy atom. The Balaban J connectivity index is 1.35. The Bertz CT molecular complexity index is 1160. The van der Waals surface area contributed by atoms with Gasteiger partial charge in [0.25, 0.3) is 11.8 Å². The number of pyridine rings is 1. The molecule has 8 heteroatoms. The number of rotatable bonds is 5. The molecule has 0 saturated heterocycles. The molecule has 4 rings (SSSR count). The number of aromatic nitrogens is 3. The number of nitrogens with one attached hydrogen (secondary N) is 1. The van der Waals surface area contributed by atoms with Crippen LogP contribution in [-0.4, -0.2) is 43.9 Å². The monoisotopic (exact) mass is 391 g/mol. The van der Waals surface area contributed by atoms with Gasteiger partial charge in [0.15, 0.2) is 5.65 Å². The first-order valence-corrected chi connectivity index (χ1v) is 9.41. The van der Waals surface area contributed by atoms with Gasteiger partial charge in [0.2, 0.25) is 5.91 Å². The van der Waals surface area contributed by atoms with Crippen LogP contribution in [0.3, 0.4) is 0 Å². The lowest BCUT2D eigenvalue weighted by atomic mass is 10.1. The zero-order chi connectivity index (χ0) is 20.7. The minimum atomic E-state index is -0.299. The number of carbonyl (C=O) groups is 3. The molecule has 0 aliphatic carbocycles. The molecule has 3 amide bonds. The second-order valence-corrected chi connectivity index (χ2v) is 7.27. The summed E-state index contributed by atoms with van der Waals surface area (Å²) in [6.45, 7) is 3.97. The van der Waals surface area contributed by atoms with Gasteiger partial charge in [-0.2, -0.15) is 5.10 Å². The normalized spacial score (nSPS) is 13.3. The second kappa shape index (κ2) is 7.12. The topological polar surface area (TPSA) is 97.2 Å². The predicted octanol–water partition coefficient (Wildman–Crippen LogP) is 2.60. The van der Waals surface area contributed by atoms with Crippen molar-refractivity contribution in [1.82, 2.24) is 19.7 Å². The molecule has 3 heterocycles. The number of hydrogen-bond acceptors (Lipinski definition) is 5. The number of imide groups is 1. The van der Waals surface area contributed by atoms with Crippen molar-refractivity contribution >= 4 is 34.4 Å². The number of fused-ring (bicyclic) bond motifs is 2. The highest BCUT2D eigenvalue weighted by molar-refractivity contribution is 6.21. The zero-order valence-corrected chi connectivity index (χ0v) is 16.5. The Labute approximate surface area is 167 Å². The summed E-state index contributed by atoms with van der Waals surface area (Å²) in [5.74, 6) is -0.789. The lowest BCUT2D eigenvalue weighted by Gasteiger charge is -2.13. The van der Waals surface area contributed by atoms with Crippen LogP contribution in [0.25, 0.3) is 11.0 Å². The first-order chi connectivity index (χ1) is 13.8. The number of aryl methyl sites for hydroxylation is 3. The number of benzene rings is 1. The van der Waals surface area contributed by atoms with E-state index < -0.39 is 0 Å². The van der Waals surface area contributed by atoms with Crippen molar-refractivity contribution in [2.45, 2.75) is 26.7 Å². The molecule has 0 fully saturated rings. The van der Waals surface area contributed by atoms with E-state index in [1.807, 2.05) is 33.0 Å². The van der Waals surface area contributed by atoms with E-state index in [2.05, 4.69) is 15.4 Å². The third kappa shape index (κ3) is 3.37. The molecule has 0 unspecified atom stereocenters. The van der Waals surface area contributed by atoms with Crippen molar-refractivity contribution in [3.8, 4) is 0 Å². The average Bonchev–Trinajstić information content (AvgIpc) is 3.09. The van der Waals surface area contributed by atoms with Gasteiger partial charge >= 0.3 is 0 Å². The van der Waals surface area contributed by atoms with Gasteiger partial charge in [0.1, 0.15) is 0 Å². The summed E-state index contributed by atoms with van der Waals surface area (Å²) in [5.41, 5.74) is 3.98. The molecule has 148 valence electrons. The van der Waals surface area contributed by atoms with E-state index in [9.17, 15) is 14.4 Å².